The molecule has 0 atom stereocenters. The number of benzene rings is 1. The number of nitrogens with zero attached hydrogens (tertiary/aromatic N) is 3. The second-order valence-corrected chi connectivity index (χ2v) is 6.32. The maximum Gasteiger partial charge on any atom is 0.304 e. The van der Waals surface area contributed by atoms with Crippen LogP contribution in [0.2, 0.25) is 0 Å². The van der Waals surface area contributed by atoms with Gasteiger partial charge in [-0.15, -0.1) is 0 Å². The van der Waals surface area contributed by atoms with Gasteiger partial charge >= 0.3 is 5.97 Å². The maximum absolute atomic E-state index is 13.2. The normalized spacial score (nSPS) is 11.7. The summed E-state index contributed by atoms with van der Waals surface area (Å²) in [5, 5.41) is 28.7. The predicted molar refractivity (Wildman–Crippen MR) is 83.4 cm³/mol. The summed E-state index contributed by atoms with van der Waals surface area (Å²) < 4.78 is 18.2. The number of carbonyl (C=O) groups is 1. The van der Waals surface area contributed by atoms with E-state index in [4.69, 9.17) is 5.11 Å². The molecular weight excluding hydrogens is 393 g/mol. The summed E-state index contributed by atoms with van der Waals surface area (Å²) in [6, 6.07) is 4.40. The molecule has 7 nitrogen and oxygen atoms in total. The Morgan fingerprint density at radius 1 is 1.43 bits per heavy atom. The lowest BCUT2D eigenvalue weighted by molar-refractivity contribution is -0.136. The number of carboxylic acids is 1. The number of oxime groups is 1. The highest BCUT2D eigenvalue weighted by Gasteiger charge is 2.19. The van der Waals surface area contributed by atoms with Crippen molar-refractivity contribution in [3.05, 3.63) is 39.7 Å². The Morgan fingerprint density at radius 3 is 2.87 bits per heavy atom. The molecule has 0 saturated carbocycles. The van der Waals surface area contributed by atoms with Crippen molar-refractivity contribution in [2.45, 2.75) is 17.9 Å². The molecule has 2 rings (SSSR count). The SMILES string of the molecule is O=C(O)CCSc1nonc1/C(Cc1ccc(F)c(Br)c1)=N/O. The molecule has 2 N–H and O–H groups in total. The molecule has 0 spiro atoms. The summed E-state index contributed by atoms with van der Waals surface area (Å²) >= 11 is 4.22. The molecular formula is C13H11BrFN3O4S. The standard InChI is InChI=1S/C13H11BrFN3O4S/c14-8-5-7(1-2-9(8)15)6-10(16-21)12-13(18-22-17-12)23-4-3-11(19)20/h1-2,5,21H,3-4,6H2,(H,19,20)/b16-10+. The van der Waals surface area contributed by atoms with E-state index in [9.17, 15) is 14.4 Å². The van der Waals surface area contributed by atoms with E-state index in [0.717, 1.165) is 11.8 Å². The number of carboxylic acid groups (broad SMARTS) is 1. The van der Waals surface area contributed by atoms with Gasteiger partial charge in [0.05, 0.1) is 10.9 Å². The van der Waals surface area contributed by atoms with E-state index in [-0.39, 0.29) is 30.0 Å². The number of rotatable bonds is 7. The molecule has 2 aromatic rings. The lowest BCUT2D eigenvalue weighted by Crippen LogP contribution is -2.08. The Kier molecular flexibility index (Phi) is 6.11. The largest absolute Gasteiger partial charge is 0.481 e. The fraction of sp³-hybridized carbons (Fsp3) is 0.231. The third-order valence-corrected chi connectivity index (χ3v) is 4.32. The van der Waals surface area contributed by atoms with Gasteiger partial charge in [0.1, 0.15) is 11.5 Å². The van der Waals surface area contributed by atoms with Crippen LogP contribution in [0.5, 0.6) is 0 Å². The minimum atomic E-state index is -0.928. The van der Waals surface area contributed by atoms with Crippen LogP contribution in [0.1, 0.15) is 17.7 Å². The summed E-state index contributed by atoms with van der Waals surface area (Å²) in [4.78, 5) is 10.5. The van der Waals surface area contributed by atoms with Crippen molar-refractivity contribution in [3.63, 3.8) is 0 Å². The van der Waals surface area contributed by atoms with E-state index >= 15 is 0 Å². The third kappa shape index (κ3) is 4.76. The van der Waals surface area contributed by atoms with Crippen LogP contribution in [0.25, 0.3) is 0 Å². The van der Waals surface area contributed by atoms with Gasteiger partial charge in [0.15, 0.2) is 10.7 Å². The lowest BCUT2D eigenvalue weighted by Gasteiger charge is -2.04. The zero-order valence-electron chi connectivity index (χ0n) is 11.6. The fourth-order valence-electron chi connectivity index (χ4n) is 1.70. The first-order valence-electron chi connectivity index (χ1n) is 6.33. The summed E-state index contributed by atoms with van der Waals surface area (Å²) in [5.41, 5.74) is 1.10. The highest BCUT2D eigenvalue weighted by molar-refractivity contribution is 9.10. The van der Waals surface area contributed by atoms with Crippen LogP contribution in [0.4, 0.5) is 4.39 Å². The summed E-state index contributed by atoms with van der Waals surface area (Å²) in [6.45, 7) is 0. The maximum atomic E-state index is 13.2. The van der Waals surface area contributed by atoms with Crippen molar-refractivity contribution in [3.8, 4) is 0 Å². The zero-order valence-corrected chi connectivity index (χ0v) is 14.0. The lowest BCUT2D eigenvalue weighted by atomic mass is 10.1. The first-order chi connectivity index (χ1) is 11.0. The van der Waals surface area contributed by atoms with Gasteiger partial charge < -0.3 is 10.3 Å². The molecule has 23 heavy (non-hydrogen) atoms. The van der Waals surface area contributed by atoms with E-state index in [1.807, 2.05) is 0 Å². The van der Waals surface area contributed by atoms with E-state index in [1.54, 1.807) is 12.1 Å². The van der Waals surface area contributed by atoms with Crippen molar-refractivity contribution in [1.82, 2.24) is 10.3 Å². The number of aliphatic carboxylic acids is 1. The first kappa shape index (κ1) is 17.4. The highest BCUT2D eigenvalue weighted by atomic mass is 79.9. The van der Waals surface area contributed by atoms with Gasteiger partial charge in [-0.1, -0.05) is 23.0 Å². The van der Waals surface area contributed by atoms with Crippen LogP contribution in [0.15, 0.2) is 37.5 Å². The van der Waals surface area contributed by atoms with E-state index < -0.39 is 11.8 Å². The molecule has 10 heteroatoms. The summed E-state index contributed by atoms with van der Waals surface area (Å²) in [6.07, 6.45) is 0.129. The molecule has 1 aromatic heterocycles. The van der Waals surface area contributed by atoms with Crippen LogP contribution in [-0.2, 0) is 11.2 Å². The topological polar surface area (TPSA) is 109 Å². The molecule has 0 saturated heterocycles. The minimum absolute atomic E-state index is 0.0481. The number of halogens is 2. The van der Waals surface area contributed by atoms with E-state index in [1.165, 1.54) is 6.07 Å². The van der Waals surface area contributed by atoms with Crippen molar-refractivity contribution in [1.29, 1.82) is 0 Å². The first-order valence-corrected chi connectivity index (χ1v) is 8.11. The molecule has 1 heterocycles. The highest BCUT2D eigenvalue weighted by Crippen LogP contribution is 2.23. The van der Waals surface area contributed by atoms with E-state index in [0.29, 0.717) is 15.1 Å². The van der Waals surface area contributed by atoms with Gasteiger partial charge in [0, 0.05) is 12.2 Å². The van der Waals surface area contributed by atoms with Crippen LogP contribution in [-0.4, -0.2) is 38.1 Å². The van der Waals surface area contributed by atoms with Gasteiger partial charge in [-0.2, -0.15) is 0 Å². The Morgan fingerprint density at radius 2 is 2.22 bits per heavy atom. The Labute approximate surface area is 142 Å². The molecule has 0 unspecified atom stereocenters. The second-order valence-electron chi connectivity index (χ2n) is 4.38. The van der Waals surface area contributed by atoms with Gasteiger partial charge in [-0.3, -0.25) is 4.79 Å². The van der Waals surface area contributed by atoms with Gasteiger partial charge in [0.2, 0.25) is 0 Å². The molecule has 0 amide bonds. The molecule has 0 aliphatic heterocycles. The molecule has 0 bridgehead atoms. The molecule has 0 fully saturated rings. The van der Waals surface area contributed by atoms with Crippen molar-refractivity contribution >= 4 is 39.4 Å². The molecule has 0 aliphatic rings. The third-order valence-electron chi connectivity index (χ3n) is 2.76. The van der Waals surface area contributed by atoms with Gasteiger partial charge in [-0.05, 0) is 43.9 Å². The quantitative estimate of drug-likeness (QED) is 0.316. The number of hydrogen-bond donors (Lipinski definition) is 2. The average Bonchev–Trinajstić information content (AvgIpc) is 2.96. The summed E-state index contributed by atoms with van der Waals surface area (Å²) in [7, 11) is 0. The molecule has 1 aromatic carbocycles. The Balaban J connectivity index is 2.13. The van der Waals surface area contributed by atoms with Crippen molar-refractivity contribution in [2.24, 2.45) is 5.16 Å². The Hall–Kier alpha value is -1.94. The minimum Gasteiger partial charge on any atom is -0.481 e. The van der Waals surface area contributed by atoms with Crippen LogP contribution < -0.4 is 0 Å². The van der Waals surface area contributed by atoms with Crippen molar-refractivity contribution < 1.29 is 24.1 Å². The number of aromatic nitrogens is 2. The summed E-state index contributed by atoms with van der Waals surface area (Å²) in [5.74, 6) is -1.05. The number of hydrogen-bond acceptors (Lipinski definition) is 7. The Bertz CT molecular complexity index is 738. The van der Waals surface area contributed by atoms with Gasteiger partial charge in [0.25, 0.3) is 0 Å². The molecule has 0 radical (unpaired) electrons. The zero-order chi connectivity index (χ0) is 16.8. The smallest absolute Gasteiger partial charge is 0.304 e. The van der Waals surface area contributed by atoms with Gasteiger partial charge in [-0.25, -0.2) is 9.02 Å². The van der Waals surface area contributed by atoms with Crippen molar-refractivity contribution in [2.75, 3.05) is 5.75 Å². The predicted octanol–water partition coefficient (Wildman–Crippen LogP) is 2.96. The second kappa shape index (κ2) is 8.06. The van der Waals surface area contributed by atoms with Crippen LogP contribution in [0.3, 0.4) is 0 Å². The van der Waals surface area contributed by atoms with Crippen LogP contribution in [0, 0.1) is 5.82 Å². The monoisotopic (exact) mass is 403 g/mol. The number of thioether (sulfide) groups is 1. The average molecular weight is 404 g/mol. The molecule has 122 valence electrons. The molecule has 0 aliphatic carbocycles. The fourth-order valence-corrected chi connectivity index (χ4v) is 2.97. The van der Waals surface area contributed by atoms with Crippen LogP contribution >= 0.6 is 27.7 Å². The van der Waals surface area contributed by atoms with E-state index in [2.05, 4.69) is 36.0 Å².